The summed E-state index contributed by atoms with van der Waals surface area (Å²) < 4.78 is 0. The number of carbonyl (C=O) groups excluding carboxylic acids is 1. The normalized spacial score (nSPS) is 13.4. The molecule has 0 saturated heterocycles. The zero-order valence-electron chi connectivity index (χ0n) is 3.92. The molecule has 3 nitrogen and oxygen atoms in total. The Morgan fingerprint density at radius 2 is 2.43 bits per heavy atom. The van der Waals surface area contributed by atoms with Crippen LogP contribution in [0.3, 0.4) is 0 Å². The van der Waals surface area contributed by atoms with Crippen LogP contribution in [-0.4, -0.2) is 24.0 Å². The van der Waals surface area contributed by atoms with E-state index in [0.29, 0.717) is 6.42 Å². The fraction of sp³-hybridized carbons (Fsp3) is 0.750. The van der Waals surface area contributed by atoms with Crippen LogP contribution in [0.25, 0.3) is 0 Å². The summed E-state index contributed by atoms with van der Waals surface area (Å²) in [5.41, 5.74) is 5.00. The van der Waals surface area contributed by atoms with E-state index >= 15 is 0 Å². The van der Waals surface area contributed by atoms with Crippen molar-refractivity contribution < 1.29 is 9.90 Å². The van der Waals surface area contributed by atoms with Crippen molar-refractivity contribution in [3.8, 4) is 0 Å². The summed E-state index contributed by atoms with van der Waals surface area (Å²) >= 11 is 0. The molecule has 0 aromatic carbocycles. The lowest BCUT2D eigenvalue weighted by Crippen LogP contribution is -2.22. The van der Waals surface area contributed by atoms with Crippen molar-refractivity contribution in [1.29, 1.82) is 0 Å². The maximum atomic E-state index is 9.53. The number of aliphatic hydroxyl groups excluding tert-OH is 1. The average Bonchev–Trinajstić information content (AvgIpc) is 1.68. The minimum Gasteiger partial charge on any atom is -0.396 e. The highest BCUT2D eigenvalue weighted by Gasteiger charge is 1.96. The molecule has 0 fully saturated rings. The first-order chi connectivity index (χ1) is 3.31. The fourth-order valence-electron chi connectivity index (χ4n) is 0.198. The van der Waals surface area contributed by atoms with Crippen LogP contribution < -0.4 is 5.73 Å². The molecule has 0 aliphatic heterocycles. The van der Waals surface area contributed by atoms with Crippen molar-refractivity contribution in [3.05, 3.63) is 0 Å². The fourth-order valence-corrected chi connectivity index (χ4v) is 0.198. The molecule has 1 atom stereocenters. The van der Waals surface area contributed by atoms with Crippen molar-refractivity contribution in [2.45, 2.75) is 12.5 Å². The van der Waals surface area contributed by atoms with Crippen LogP contribution in [-0.2, 0) is 4.79 Å². The molecule has 7 heavy (non-hydrogen) atoms. The number of hydrogen-bond acceptors (Lipinski definition) is 3. The third-order valence-corrected chi connectivity index (χ3v) is 0.591. The summed E-state index contributed by atoms with van der Waals surface area (Å²) in [6, 6.07) is -0.606. The summed E-state index contributed by atoms with van der Waals surface area (Å²) in [6.45, 7) is -0.0452. The molecule has 41 valence electrons. The van der Waals surface area contributed by atoms with E-state index in [1.165, 1.54) is 6.29 Å². The summed E-state index contributed by atoms with van der Waals surface area (Å²) in [7, 11) is 0. The Kier molecular flexibility index (Phi) is 3.55. The van der Waals surface area contributed by atoms with Gasteiger partial charge in [0.1, 0.15) is 0 Å². The lowest BCUT2D eigenvalue weighted by atomic mass is 10.3. The van der Waals surface area contributed by atoms with E-state index in [1.54, 1.807) is 0 Å². The van der Waals surface area contributed by atoms with Gasteiger partial charge in [-0.15, -0.1) is 0 Å². The standard InChI is InChI=1S/C4H8NO2/c5-4(3-7)1-2-6/h4,6H,1-2,5H2/t4-/m0/s1. The van der Waals surface area contributed by atoms with Crippen LogP contribution >= 0.6 is 0 Å². The summed E-state index contributed by atoms with van der Waals surface area (Å²) in [4.78, 5) is 9.53. The Hall–Kier alpha value is -0.410. The van der Waals surface area contributed by atoms with Gasteiger partial charge >= 0.3 is 0 Å². The van der Waals surface area contributed by atoms with Crippen LogP contribution in [0.5, 0.6) is 0 Å². The predicted molar refractivity (Wildman–Crippen MR) is 25.4 cm³/mol. The molecule has 0 unspecified atom stereocenters. The molecule has 0 aromatic heterocycles. The van der Waals surface area contributed by atoms with Crippen molar-refractivity contribution >= 4 is 6.29 Å². The van der Waals surface area contributed by atoms with Gasteiger partial charge in [-0.3, -0.25) is 4.79 Å². The van der Waals surface area contributed by atoms with Gasteiger partial charge in [0, 0.05) is 6.61 Å². The van der Waals surface area contributed by atoms with Gasteiger partial charge in [-0.1, -0.05) is 0 Å². The van der Waals surface area contributed by atoms with Gasteiger partial charge in [-0.2, -0.15) is 0 Å². The molecule has 0 aliphatic carbocycles. The van der Waals surface area contributed by atoms with Crippen molar-refractivity contribution in [3.63, 3.8) is 0 Å². The molecule has 0 aliphatic rings. The van der Waals surface area contributed by atoms with Crippen molar-refractivity contribution in [1.82, 2.24) is 0 Å². The van der Waals surface area contributed by atoms with E-state index in [-0.39, 0.29) is 6.61 Å². The minimum atomic E-state index is -0.606. The van der Waals surface area contributed by atoms with E-state index in [2.05, 4.69) is 0 Å². The lowest BCUT2D eigenvalue weighted by molar-refractivity contribution is 0.284. The number of nitrogens with two attached hydrogens (primary N) is 1. The van der Waals surface area contributed by atoms with Gasteiger partial charge in [0.25, 0.3) is 0 Å². The highest BCUT2D eigenvalue weighted by atomic mass is 16.3. The first-order valence-corrected chi connectivity index (χ1v) is 2.05. The molecule has 0 aromatic rings. The van der Waals surface area contributed by atoms with E-state index < -0.39 is 6.04 Å². The number of rotatable bonds is 3. The molecule has 1 radical (unpaired) electrons. The molecule has 3 N–H and O–H groups in total. The second-order valence-electron chi connectivity index (χ2n) is 1.24. The van der Waals surface area contributed by atoms with Gasteiger partial charge in [-0.05, 0) is 6.42 Å². The van der Waals surface area contributed by atoms with Gasteiger partial charge in [0.15, 0.2) is 0 Å². The smallest absolute Gasteiger partial charge is 0.216 e. The molecule has 3 heteroatoms. The van der Waals surface area contributed by atoms with E-state index in [1.807, 2.05) is 0 Å². The highest BCUT2D eigenvalue weighted by Crippen LogP contribution is 1.77. The van der Waals surface area contributed by atoms with Crippen LogP contribution in [0.15, 0.2) is 0 Å². The quantitative estimate of drug-likeness (QED) is 0.470. The summed E-state index contributed by atoms with van der Waals surface area (Å²) in [6.07, 6.45) is 1.84. The van der Waals surface area contributed by atoms with Crippen LogP contribution in [0.1, 0.15) is 6.42 Å². The van der Waals surface area contributed by atoms with Gasteiger partial charge in [0.05, 0.1) is 6.04 Å². The Morgan fingerprint density at radius 3 is 2.57 bits per heavy atom. The maximum absolute atomic E-state index is 9.53. The average molecular weight is 102 g/mol. The Morgan fingerprint density at radius 1 is 1.86 bits per heavy atom. The van der Waals surface area contributed by atoms with E-state index in [4.69, 9.17) is 10.8 Å². The molecular formula is C4H8NO2. The summed E-state index contributed by atoms with van der Waals surface area (Å²) in [5, 5.41) is 8.11. The first kappa shape index (κ1) is 6.59. The first-order valence-electron chi connectivity index (χ1n) is 2.05. The Balaban J connectivity index is 2.98. The second-order valence-corrected chi connectivity index (χ2v) is 1.24. The predicted octanol–water partition coefficient (Wildman–Crippen LogP) is -1.19. The van der Waals surface area contributed by atoms with Crippen LogP contribution in [0.2, 0.25) is 0 Å². The third kappa shape index (κ3) is 3.42. The van der Waals surface area contributed by atoms with Gasteiger partial charge in [0.2, 0.25) is 6.29 Å². The zero-order valence-corrected chi connectivity index (χ0v) is 3.92. The monoisotopic (exact) mass is 102 g/mol. The summed E-state index contributed by atoms with van der Waals surface area (Å²) in [5.74, 6) is 0. The van der Waals surface area contributed by atoms with Crippen LogP contribution in [0, 0.1) is 0 Å². The van der Waals surface area contributed by atoms with Gasteiger partial charge < -0.3 is 10.8 Å². The second kappa shape index (κ2) is 3.77. The largest absolute Gasteiger partial charge is 0.396 e. The minimum absolute atomic E-state index is 0.0452. The molecule has 0 bridgehead atoms. The van der Waals surface area contributed by atoms with Gasteiger partial charge in [-0.25, -0.2) is 0 Å². The number of aliphatic hydroxyl groups is 1. The Labute approximate surface area is 42.1 Å². The topological polar surface area (TPSA) is 63.3 Å². The number of hydrogen-bond donors (Lipinski definition) is 2. The molecule has 0 spiro atoms. The molecule has 0 heterocycles. The zero-order chi connectivity index (χ0) is 5.70. The SMILES string of the molecule is N[C@H]([C]=O)CCO. The Bertz CT molecular complexity index is 55.7. The van der Waals surface area contributed by atoms with E-state index in [0.717, 1.165) is 0 Å². The third-order valence-electron chi connectivity index (χ3n) is 0.591. The molecular weight excluding hydrogens is 94.0 g/mol. The molecule has 0 rings (SSSR count). The lowest BCUT2D eigenvalue weighted by Gasteiger charge is -1.93. The van der Waals surface area contributed by atoms with Crippen molar-refractivity contribution in [2.75, 3.05) is 6.61 Å². The highest BCUT2D eigenvalue weighted by molar-refractivity contribution is 5.57. The van der Waals surface area contributed by atoms with Crippen LogP contribution in [0.4, 0.5) is 0 Å². The van der Waals surface area contributed by atoms with Crippen molar-refractivity contribution in [2.24, 2.45) is 5.73 Å². The molecule has 0 amide bonds. The maximum Gasteiger partial charge on any atom is 0.216 e. The van der Waals surface area contributed by atoms with E-state index in [9.17, 15) is 4.79 Å². The molecule has 0 saturated carbocycles.